The largest absolute Gasteiger partial charge is 0.493 e. The van der Waals surface area contributed by atoms with Gasteiger partial charge in [0.1, 0.15) is 6.07 Å². The molecule has 0 fully saturated rings. The lowest BCUT2D eigenvalue weighted by atomic mass is 10.1. The number of aryl methyl sites for hydroxylation is 1. The first-order chi connectivity index (χ1) is 12.5. The number of nitriles is 1. The summed E-state index contributed by atoms with van der Waals surface area (Å²) >= 11 is 0. The van der Waals surface area contributed by atoms with E-state index in [9.17, 15) is 5.26 Å². The quantitative estimate of drug-likeness (QED) is 0.641. The molecule has 3 aromatic rings. The van der Waals surface area contributed by atoms with E-state index in [1.807, 2.05) is 74.0 Å². The van der Waals surface area contributed by atoms with Crippen molar-refractivity contribution in [2.24, 2.45) is 7.05 Å². The van der Waals surface area contributed by atoms with Crippen LogP contribution in [0.25, 0.3) is 22.7 Å². The Kier molecular flexibility index (Phi) is 4.94. The second kappa shape index (κ2) is 7.32. The number of aromatic nitrogens is 2. The van der Waals surface area contributed by atoms with E-state index in [1.165, 1.54) is 0 Å². The van der Waals surface area contributed by atoms with E-state index in [1.54, 1.807) is 7.11 Å². The third-order valence-electron chi connectivity index (χ3n) is 4.01. The summed E-state index contributed by atoms with van der Waals surface area (Å²) in [6.07, 6.45) is 1.86. The van der Waals surface area contributed by atoms with Crippen LogP contribution in [0.3, 0.4) is 0 Å². The van der Waals surface area contributed by atoms with E-state index < -0.39 is 0 Å². The first-order valence-electron chi connectivity index (χ1n) is 8.41. The Labute approximate surface area is 153 Å². The van der Waals surface area contributed by atoms with Crippen LogP contribution in [0.4, 0.5) is 0 Å². The van der Waals surface area contributed by atoms with E-state index >= 15 is 0 Å². The Bertz CT molecular complexity index is 1010. The maximum atomic E-state index is 9.66. The fraction of sp³-hybridized carbons (Fsp3) is 0.238. The van der Waals surface area contributed by atoms with Crippen molar-refractivity contribution >= 4 is 22.7 Å². The molecule has 1 aromatic heterocycles. The smallest absolute Gasteiger partial charge is 0.161 e. The number of nitrogens with zero attached hydrogens (tertiary/aromatic N) is 3. The van der Waals surface area contributed by atoms with Gasteiger partial charge in [-0.15, -0.1) is 0 Å². The summed E-state index contributed by atoms with van der Waals surface area (Å²) in [5.74, 6) is 1.95. The van der Waals surface area contributed by atoms with Crippen molar-refractivity contribution in [3.05, 3.63) is 53.9 Å². The first-order valence-corrected chi connectivity index (χ1v) is 8.41. The summed E-state index contributed by atoms with van der Waals surface area (Å²) in [6.45, 7) is 3.93. The molecule has 0 saturated carbocycles. The van der Waals surface area contributed by atoms with Crippen LogP contribution in [0, 0.1) is 11.3 Å². The Morgan fingerprint density at radius 1 is 1.19 bits per heavy atom. The average Bonchev–Trinajstić information content (AvgIpc) is 2.97. The molecule has 0 amide bonds. The lowest BCUT2D eigenvalue weighted by molar-refractivity contribution is 0.230. The minimum atomic E-state index is 0.0555. The summed E-state index contributed by atoms with van der Waals surface area (Å²) in [5.41, 5.74) is 3.19. The SMILES string of the molecule is COc1cc(C=C(C#N)c2nc3ccccc3n2C)ccc1OC(C)C. The van der Waals surface area contributed by atoms with E-state index in [0.29, 0.717) is 22.9 Å². The number of fused-ring (bicyclic) bond motifs is 1. The number of hydrogen-bond donors (Lipinski definition) is 0. The van der Waals surface area contributed by atoms with Gasteiger partial charge in [0, 0.05) is 7.05 Å². The molecule has 1 heterocycles. The number of hydrogen-bond acceptors (Lipinski definition) is 4. The molecule has 0 spiro atoms. The van der Waals surface area contributed by atoms with Crippen molar-refractivity contribution in [1.82, 2.24) is 9.55 Å². The van der Waals surface area contributed by atoms with Crippen LogP contribution in [0.15, 0.2) is 42.5 Å². The van der Waals surface area contributed by atoms with Gasteiger partial charge in [0.2, 0.25) is 0 Å². The molecule has 3 rings (SSSR count). The topological polar surface area (TPSA) is 60.1 Å². The highest BCUT2D eigenvalue weighted by Crippen LogP contribution is 2.30. The maximum Gasteiger partial charge on any atom is 0.161 e. The minimum absolute atomic E-state index is 0.0555. The van der Waals surface area contributed by atoms with Gasteiger partial charge in [-0.1, -0.05) is 18.2 Å². The first kappa shape index (κ1) is 17.6. The number of ether oxygens (including phenoxy) is 2. The number of para-hydroxylation sites is 2. The lowest BCUT2D eigenvalue weighted by Crippen LogP contribution is -2.06. The average molecular weight is 347 g/mol. The molecular formula is C21H21N3O2. The molecule has 0 aliphatic carbocycles. The van der Waals surface area contributed by atoms with Crippen LogP contribution < -0.4 is 9.47 Å². The molecule has 0 atom stereocenters. The fourth-order valence-electron chi connectivity index (χ4n) is 2.83. The number of rotatable bonds is 5. The van der Waals surface area contributed by atoms with Crippen LogP contribution in [-0.4, -0.2) is 22.8 Å². The summed E-state index contributed by atoms with van der Waals surface area (Å²) in [6, 6.07) is 15.7. The predicted molar refractivity (Wildman–Crippen MR) is 103 cm³/mol. The van der Waals surface area contributed by atoms with Gasteiger partial charge in [0.05, 0.1) is 29.8 Å². The molecule has 132 valence electrons. The van der Waals surface area contributed by atoms with Gasteiger partial charge in [-0.25, -0.2) is 4.98 Å². The maximum absolute atomic E-state index is 9.66. The van der Waals surface area contributed by atoms with Gasteiger partial charge in [-0.2, -0.15) is 5.26 Å². The number of allylic oxidation sites excluding steroid dienone is 1. The van der Waals surface area contributed by atoms with Crippen molar-refractivity contribution in [2.75, 3.05) is 7.11 Å². The Hall–Kier alpha value is -3.26. The molecule has 0 N–H and O–H groups in total. The van der Waals surface area contributed by atoms with Gasteiger partial charge in [0.25, 0.3) is 0 Å². The van der Waals surface area contributed by atoms with Crippen LogP contribution in [0.2, 0.25) is 0 Å². The minimum Gasteiger partial charge on any atom is -0.493 e. The van der Waals surface area contributed by atoms with Gasteiger partial charge < -0.3 is 14.0 Å². The zero-order valence-electron chi connectivity index (χ0n) is 15.4. The van der Waals surface area contributed by atoms with Crippen molar-refractivity contribution in [3.8, 4) is 17.6 Å². The van der Waals surface area contributed by atoms with Crippen molar-refractivity contribution in [1.29, 1.82) is 5.26 Å². The molecular weight excluding hydrogens is 326 g/mol. The van der Waals surface area contributed by atoms with Crippen LogP contribution in [-0.2, 0) is 7.05 Å². The van der Waals surface area contributed by atoms with Gasteiger partial charge in [0.15, 0.2) is 17.3 Å². The van der Waals surface area contributed by atoms with Gasteiger partial charge in [-0.05, 0) is 49.8 Å². The standard InChI is InChI=1S/C21H21N3O2/c1-14(2)26-19-10-9-15(12-20(19)25-4)11-16(13-22)21-23-17-7-5-6-8-18(17)24(21)3/h5-12,14H,1-4H3. The number of methoxy groups -OCH3 is 1. The van der Waals surface area contributed by atoms with E-state index in [0.717, 1.165) is 16.6 Å². The highest BCUT2D eigenvalue weighted by molar-refractivity contribution is 5.91. The summed E-state index contributed by atoms with van der Waals surface area (Å²) < 4.78 is 13.1. The van der Waals surface area contributed by atoms with E-state index in [4.69, 9.17) is 9.47 Å². The summed E-state index contributed by atoms with van der Waals surface area (Å²) in [4.78, 5) is 4.60. The zero-order valence-corrected chi connectivity index (χ0v) is 15.4. The predicted octanol–water partition coefficient (Wildman–Crippen LogP) is 4.43. The third-order valence-corrected chi connectivity index (χ3v) is 4.01. The number of imidazole rings is 1. The van der Waals surface area contributed by atoms with Gasteiger partial charge in [-0.3, -0.25) is 0 Å². The molecule has 26 heavy (non-hydrogen) atoms. The van der Waals surface area contributed by atoms with Gasteiger partial charge >= 0.3 is 0 Å². The summed E-state index contributed by atoms with van der Waals surface area (Å²) in [7, 11) is 3.52. The van der Waals surface area contributed by atoms with E-state index in [2.05, 4.69) is 11.1 Å². The summed E-state index contributed by atoms with van der Waals surface area (Å²) in [5, 5.41) is 9.66. The molecule has 0 unspecified atom stereocenters. The second-order valence-corrected chi connectivity index (χ2v) is 6.23. The van der Waals surface area contributed by atoms with Crippen molar-refractivity contribution in [2.45, 2.75) is 20.0 Å². The third kappa shape index (κ3) is 3.40. The molecule has 0 aliphatic heterocycles. The molecule has 0 saturated heterocycles. The highest BCUT2D eigenvalue weighted by atomic mass is 16.5. The molecule has 2 aromatic carbocycles. The second-order valence-electron chi connectivity index (χ2n) is 6.23. The zero-order chi connectivity index (χ0) is 18.7. The fourth-order valence-corrected chi connectivity index (χ4v) is 2.83. The molecule has 5 heteroatoms. The van der Waals surface area contributed by atoms with E-state index in [-0.39, 0.29) is 6.10 Å². The Balaban J connectivity index is 2.03. The molecule has 0 aliphatic rings. The normalized spacial score (nSPS) is 11.6. The van der Waals surface area contributed by atoms with Crippen LogP contribution >= 0.6 is 0 Å². The van der Waals surface area contributed by atoms with Crippen molar-refractivity contribution in [3.63, 3.8) is 0 Å². The number of benzene rings is 2. The molecule has 0 bridgehead atoms. The van der Waals surface area contributed by atoms with Crippen LogP contribution in [0.5, 0.6) is 11.5 Å². The highest BCUT2D eigenvalue weighted by Gasteiger charge is 2.13. The molecule has 5 nitrogen and oxygen atoms in total. The Morgan fingerprint density at radius 2 is 1.96 bits per heavy atom. The van der Waals surface area contributed by atoms with Crippen molar-refractivity contribution < 1.29 is 9.47 Å². The molecule has 0 radical (unpaired) electrons. The Morgan fingerprint density at radius 3 is 2.62 bits per heavy atom. The lowest BCUT2D eigenvalue weighted by Gasteiger charge is -2.13. The van der Waals surface area contributed by atoms with Crippen LogP contribution in [0.1, 0.15) is 25.2 Å². The monoisotopic (exact) mass is 347 g/mol.